The molecule has 0 aromatic rings. The van der Waals surface area contributed by atoms with Crippen molar-refractivity contribution < 1.29 is 80.2 Å². The standard InChI is InChI=1S/C94H184O17P2/c1-9-86(7)72-64-56-48-39-33-27-21-15-11-13-17-23-29-35-41-50-58-66-74-91(96)104-80-89(110-93(98)76-68-60-52-42-36-30-24-18-14-12-16-22-28-34-40-49-57-65-73-87(8)10-2)82-108-112(100,101)106-78-88(95)79-107-113(102,103)109-83-90(81-105-92(97)75-67-59-51-45-44-47-55-63-71-85(5)6)111-94(99)77-69-61-53-43-37-31-25-19-20-26-32-38-46-54-62-70-84(3)4/h84-90,95H,9-83H2,1-8H3,(H,100,101)(H,102,103)/t86?,87?,88-,89-,90-/m1/s1. The Morgan fingerprint density at radius 2 is 0.425 bits per heavy atom. The molecule has 672 valence electrons. The minimum Gasteiger partial charge on any atom is -0.462 e. The van der Waals surface area contributed by atoms with Gasteiger partial charge in [0.15, 0.2) is 12.2 Å². The van der Waals surface area contributed by atoms with Crippen molar-refractivity contribution in [2.75, 3.05) is 39.6 Å². The van der Waals surface area contributed by atoms with Crippen LogP contribution in [0, 0.1) is 23.7 Å². The van der Waals surface area contributed by atoms with E-state index in [0.717, 1.165) is 114 Å². The Bertz CT molecular complexity index is 2190. The number of carbonyl (C=O) groups is 4. The Morgan fingerprint density at radius 1 is 0.248 bits per heavy atom. The van der Waals surface area contributed by atoms with E-state index in [1.807, 2.05) is 0 Å². The maximum atomic E-state index is 13.2. The number of aliphatic hydroxyl groups excluding tert-OH is 1. The molecule has 0 aliphatic carbocycles. The number of carbonyl (C=O) groups excluding carboxylic acids is 4. The SMILES string of the molecule is CCC(C)CCCCCCCCCCCCCCCCCCCCC(=O)OC[C@H](COP(=O)(O)OC[C@@H](O)COP(=O)(O)OC[C@@H](COC(=O)CCCCCCCCCCC(C)C)OC(=O)CCCCCCCCCCCCCCCCCC(C)C)OC(=O)CCCCCCCCCCCCCCCCCCCCC(C)CC. The molecule has 0 aromatic heterocycles. The zero-order chi connectivity index (χ0) is 83.0. The fourth-order valence-corrected chi connectivity index (χ4v) is 16.2. The molecule has 4 unspecified atom stereocenters. The van der Waals surface area contributed by atoms with E-state index in [0.29, 0.717) is 25.7 Å². The quantitative estimate of drug-likeness (QED) is 0.0222. The highest BCUT2D eigenvalue weighted by atomic mass is 31.2. The summed E-state index contributed by atoms with van der Waals surface area (Å²) >= 11 is 0. The van der Waals surface area contributed by atoms with Crippen molar-refractivity contribution in [3.63, 3.8) is 0 Å². The number of aliphatic hydroxyl groups is 1. The molecule has 113 heavy (non-hydrogen) atoms. The summed E-state index contributed by atoms with van der Waals surface area (Å²) in [5.41, 5.74) is 0. The smallest absolute Gasteiger partial charge is 0.462 e. The second-order valence-corrected chi connectivity index (χ2v) is 38.1. The number of phosphoric acid groups is 2. The lowest BCUT2D eigenvalue weighted by molar-refractivity contribution is -0.161. The van der Waals surface area contributed by atoms with E-state index in [1.165, 1.54) is 302 Å². The van der Waals surface area contributed by atoms with Crippen molar-refractivity contribution in [1.29, 1.82) is 0 Å². The van der Waals surface area contributed by atoms with Crippen molar-refractivity contribution >= 4 is 39.5 Å². The minimum absolute atomic E-state index is 0.107. The van der Waals surface area contributed by atoms with Crippen molar-refractivity contribution in [3.8, 4) is 0 Å². The first kappa shape index (κ1) is 111. The Hall–Kier alpha value is -1.94. The van der Waals surface area contributed by atoms with Gasteiger partial charge in [-0.15, -0.1) is 0 Å². The first-order valence-electron chi connectivity index (χ1n) is 48.3. The van der Waals surface area contributed by atoms with Crippen LogP contribution in [0.5, 0.6) is 0 Å². The van der Waals surface area contributed by atoms with Crippen LogP contribution in [0.3, 0.4) is 0 Å². The molecule has 0 rings (SSSR count). The number of unbranched alkanes of at least 4 members (excludes halogenated alkanes) is 55. The fourth-order valence-electron chi connectivity index (χ4n) is 14.7. The molecule has 0 fully saturated rings. The molecule has 0 aliphatic heterocycles. The summed E-state index contributed by atoms with van der Waals surface area (Å²) in [6.45, 7) is 14.5. The highest BCUT2D eigenvalue weighted by molar-refractivity contribution is 7.47. The van der Waals surface area contributed by atoms with E-state index in [1.54, 1.807) is 0 Å². The maximum absolute atomic E-state index is 13.2. The topological polar surface area (TPSA) is 237 Å². The number of esters is 4. The lowest BCUT2D eigenvalue weighted by atomic mass is 9.99. The van der Waals surface area contributed by atoms with Gasteiger partial charge in [0.1, 0.15) is 19.3 Å². The average molecular weight is 1650 g/mol. The largest absolute Gasteiger partial charge is 0.472 e. The Labute approximate surface area is 696 Å². The first-order chi connectivity index (χ1) is 54.7. The van der Waals surface area contributed by atoms with Gasteiger partial charge in [-0.2, -0.15) is 0 Å². The van der Waals surface area contributed by atoms with Crippen LogP contribution in [0.1, 0.15) is 498 Å². The summed E-state index contributed by atoms with van der Waals surface area (Å²) in [6, 6.07) is 0. The van der Waals surface area contributed by atoms with E-state index >= 15 is 0 Å². The summed E-state index contributed by atoms with van der Waals surface area (Å²) in [7, 11) is -9.94. The third-order valence-electron chi connectivity index (χ3n) is 22.8. The normalized spacial score (nSPS) is 14.3. The molecule has 19 heteroatoms. The van der Waals surface area contributed by atoms with Crippen LogP contribution in [0.4, 0.5) is 0 Å². The van der Waals surface area contributed by atoms with Gasteiger partial charge < -0.3 is 33.8 Å². The van der Waals surface area contributed by atoms with Gasteiger partial charge in [-0.1, -0.05) is 447 Å². The molecule has 17 nitrogen and oxygen atoms in total. The Balaban J connectivity index is 5.23. The molecule has 0 spiro atoms. The maximum Gasteiger partial charge on any atom is 0.472 e. The number of phosphoric ester groups is 2. The van der Waals surface area contributed by atoms with E-state index in [-0.39, 0.29) is 25.7 Å². The van der Waals surface area contributed by atoms with Gasteiger partial charge in [0, 0.05) is 25.7 Å². The van der Waals surface area contributed by atoms with Gasteiger partial charge in [0.25, 0.3) is 0 Å². The van der Waals surface area contributed by atoms with Gasteiger partial charge in [0.2, 0.25) is 0 Å². The monoisotopic (exact) mass is 1650 g/mol. The molecular formula is C94H184O17P2. The van der Waals surface area contributed by atoms with Gasteiger partial charge in [-0.3, -0.25) is 37.3 Å². The van der Waals surface area contributed by atoms with Crippen LogP contribution < -0.4 is 0 Å². The Kier molecular flexibility index (Phi) is 81.0. The van der Waals surface area contributed by atoms with Crippen molar-refractivity contribution in [3.05, 3.63) is 0 Å². The summed E-state index contributed by atoms with van der Waals surface area (Å²) in [5, 5.41) is 10.7. The highest BCUT2D eigenvalue weighted by Gasteiger charge is 2.31. The van der Waals surface area contributed by atoms with Crippen LogP contribution in [-0.2, 0) is 65.4 Å². The van der Waals surface area contributed by atoms with Crippen LogP contribution in [-0.4, -0.2) is 96.7 Å². The lowest BCUT2D eigenvalue weighted by Gasteiger charge is -2.21. The fraction of sp³-hybridized carbons (Fsp3) is 0.957. The van der Waals surface area contributed by atoms with Crippen molar-refractivity contribution in [2.24, 2.45) is 23.7 Å². The van der Waals surface area contributed by atoms with Crippen LogP contribution >= 0.6 is 15.6 Å². The van der Waals surface area contributed by atoms with E-state index < -0.39 is 97.5 Å². The van der Waals surface area contributed by atoms with E-state index in [4.69, 9.17) is 37.0 Å². The zero-order valence-corrected chi connectivity index (χ0v) is 76.8. The third kappa shape index (κ3) is 84.9. The molecule has 0 amide bonds. The van der Waals surface area contributed by atoms with Crippen LogP contribution in [0.2, 0.25) is 0 Å². The predicted molar refractivity (Wildman–Crippen MR) is 469 cm³/mol. The second kappa shape index (κ2) is 82.4. The molecular weight excluding hydrogens is 1460 g/mol. The third-order valence-corrected chi connectivity index (χ3v) is 24.7. The molecule has 0 aliphatic rings. The summed E-state index contributed by atoms with van der Waals surface area (Å²) in [5.74, 6) is 1.17. The van der Waals surface area contributed by atoms with Gasteiger partial charge in [-0.05, 0) is 49.4 Å². The molecule has 0 heterocycles. The highest BCUT2D eigenvalue weighted by Crippen LogP contribution is 2.45. The van der Waals surface area contributed by atoms with E-state index in [2.05, 4.69) is 55.4 Å². The summed E-state index contributed by atoms with van der Waals surface area (Å²) in [4.78, 5) is 73.5. The number of ether oxygens (including phenoxy) is 4. The lowest BCUT2D eigenvalue weighted by Crippen LogP contribution is -2.30. The molecule has 0 saturated carbocycles. The predicted octanol–water partition coefficient (Wildman–Crippen LogP) is 29.1. The van der Waals surface area contributed by atoms with E-state index in [9.17, 15) is 43.2 Å². The molecule has 0 aromatic carbocycles. The number of hydrogen-bond acceptors (Lipinski definition) is 15. The minimum atomic E-state index is -4.97. The average Bonchev–Trinajstić information content (AvgIpc) is 0.901. The Morgan fingerprint density at radius 3 is 0.628 bits per heavy atom. The molecule has 0 saturated heterocycles. The molecule has 0 radical (unpaired) electrons. The molecule has 0 bridgehead atoms. The zero-order valence-electron chi connectivity index (χ0n) is 75.0. The van der Waals surface area contributed by atoms with Gasteiger partial charge in [0.05, 0.1) is 26.4 Å². The first-order valence-corrected chi connectivity index (χ1v) is 51.3. The van der Waals surface area contributed by atoms with Crippen LogP contribution in [0.15, 0.2) is 0 Å². The van der Waals surface area contributed by atoms with Crippen LogP contribution in [0.25, 0.3) is 0 Å². The van der Waals surface area contributed by atoms with Crippen molar-refractivity contribution in [1.82, 2.24) is 0 Å². The molecule has 7 atom stereocenters. The van der Waals surface area contributed by atoms with Gasteiger partial charge in [-0.25, -0.2) is 9.13 Å². The second-order valence-electron chi connectivity index (χ2n) is 35.2. The van der Waals surface area contributed by atoms with Gasteiger partial charge >= 0.3 is 39.5 Å². The summed E-state index contributed by atoms with van der Waals surface area (Å²) in [6.07, 6.45) is 75.1. The molecule has 3 N–H and O–H groups in total. The number of hydrogen-bond donors (Lipinski definition) is 3. The number of rotatable bonds is 91. The summed E-state index contributed by atoms with van der Waals surface area (Å²) < 4.78 is 69.1. The van der Waals surface area contributed by atoms with Crippen molar-refractivity contribution in [2.45, 2.75) is 517 Å².